The number of rotatable bonds is 4. The molecule has 0 amide bonds. The van der Waals surface area contributed by atoms with Crippen molar-refractivity contribution in [3.8, 4) is 0 Å². The van der Waals surface area contributed by atoms with Crippen LogP contribution in [-0.4, -0.2) is 46.3 Å². The summed E-state index contributed by atoms with van der Waals surface area (Å²) in [7, 11) is 0. The molecule has 1 aliphatic heterocycles. The topological polar surface area (TPSA) is 70.1 Å². The molecule has 1 aromatic carbocycles. The first kappa shape index (κ1) is 16.2. The second-order valence-corrected chi connectivity index (χ2v) is 5.94. The van der Waals surface area contributed by atoms with Gasteiger partial charge in [0.05, 0.1) is 6.20 Å². The molecular weight excluding hydrogens is 333 g/mol. The van der Waals surface area contributed by atoms with Gasteiger partial charge in [-0.1, -0.05) is 6.07 Å². The summed E-state index contributed by atoms with van der Waals surface area (Å²) in [6.45, 7) is 3.27. The van der Waals surface area contributed by atoms with E-state index in [1.165, 1.54) is 12.1 Å². The molecule has 1 saturated heterocycles. The quantitative estimate of drug-likeness (QED) is 0.774. The number of aromatic nitrogens is 4. The van der Waals surface area contributed by atoms with Crippen LogP contribution in [0.3, 0.4) is 0 Å². The molecular formula is C18H18FN7. The minimum atomic E-state index is -0.275. The molecule has 0 bridgehead atoms. The minimum Gasteiger partial charge on any atom is -0.353 e. The van der Waals surface area contributed by atoms with Crippen molar-refractivity contribution >= 4 is 23.3 Å². The highest BCUT2D eigenvalue weighted by Gasteiger charge is 2.20. The van der Waals surface area contributed by atoms with Gasteiger partial charge in [-0.05, 0) is 36.4 Å². The fourth-order valence-corrected chi connectivity index (χ4v) is 2.85. The number of anilines is 4. The normalized spacial score (nSPS) is 14.3. The predicted octanol–water partition coefficient (Wildman–Crippen LogP) is 2.48. The van der Waals surface area contributed by atoms with Crippen molar-refractivity contribution < 1.29 is 4.39 Å². The average molecular weight is 351 g/mol. The highest BCUT2D eigenvalue weighted by atomic mass is 19.1. The number of benzene rings is 1. The van der Waals surface area contributed by atoms with Crippen molar-refractivity contribution in [2.45, 2.75) is 0 Å². The van der Waals surface area contributed by atoms with Gasteiger partial charge < -0.3 is 15.1 Å². The lowest BCUT2D eigenvalue weighted by molar-refractivity contribution is 0.628. The smallest absolute Gasteiger partial charge is 0.247 e. The van der Waals surface area contributed by atoms with Crippen molar-refractivity contribution in [3.05, 3.63) is 60.7 Å². The molecule has 0 saturated carbocycles. The Morgan fingerprint density at radius 3 is 2.42 bits per heavy atom. The third-order valence-corrected chi connectivity index (χ3v) is 4.20. The molecule has 132 valence electrons. The van der Waals surface area contributed by atoms with Gasteiger partial charge >= 0.3 is 0 Å². The van der Waals surface area contributed by atoms with Crippen LogP contribution in [0.4, 0.5) is 27.7 Å². The molecule has 2 aromatic heterocycles. The van der Waals surface area contributed by atoms with Crippen LogP contribution in [0.15, 0.2) is 54.9 Å². The zero-order valence-corrected chi connectivity index (χ0v) is 14.1. The van der Waals surface area contributed by atoms with Crippen LogP contribution in [-0.2, 0) is 0 Å². The lowest BCUT2D eigenvalue weighted by Gasteiger charge is -2.35. The van der Waals surface area contributed by atoms with Crippen LogP contribution >= 0.6 is 0 Å². The second-order valence-electron chi connectivity index (χ2n) is 5.94. The van der Waals surface area contributed by atoms with Crippen molar-refractivity contribution in [2.75, 3.05) is 41.3 Å². The average Bonchev–Trinajstić information content (AvgIpc) is 2.71. The van der Waals surface area contributed by atoms with E-state index in [9.17, 15) is 4.39 Å². The van der Waals surface area contributed by atoms with Gasteiger partial charge in [-0.2, -0.15) is 10.1 Å². The van der Waals surface area contributed by atoms with Gasteiger partial charge in [0.15, 0.2) is 5.82 Å². The Hall–Kier alpha value is -3.29. The zero-order valence-electron chi connectivity index (χ0n) is 14.1. The number of hydrogen-bond acceptors (Lipinski definition) is 7. The maximum Gasteiger partial charge on any atom is 0.247 e. The molecule has 8 heteroatoms. The van der Waals surface area contributed by atoms with E-state index in [4.69, 9.17) is 0 Å². The lowest BCUT2D eigenvalue weighted by atomic mass is 10.3. The number of halogens is 1. The van der Waals surface area contributed by atoms with Gasteiger partial charge in [0, 0.05) is 38.1 Å². The molecule has 0 atom stereocenters. The Kier molecular flexibility index (Phi) is 4.55. The maximum atomic E-state index is 13.0. The third-order valence-electron chi connectivity index (χ3n) is 4.20. The molecule has 1 fully saturated rings. The Morgan fingerprint density at radius 1 is 0.923 bits per heavy atom. The lowest BCUT2D eigenvalue weighted by Crippen LogP contribution is -2.47. The van der Waals surface area contributed by atoms with Crippen LogP contribution in [0.1, 0.15) is 0 Å². The summed E-state index contributed by atoms with van der Waals surface area (Å²) >= 11 is 0. The minimum absolute atomic E-state index is 0.275. The Balaban J connectivity index is 1.42. The van der Waals surface area contributed by atoms with E-state index in [0.29, 0.717) is 11.8 Å². The molecule has 4 rings (SSSR count). The summed E-state index contributed by atoms with van der Waals surface area (Å²) in [4.78, 5) is 13.3. The van der Waals surface area contributed by atoms with E-state index in [2.05, 4.69) is 35.3 Å². The Bertz CT molecular complexity index is 849. The van der Waals surface area contributed by atoms with E-state index < -0.39 is 0 Å². The molecule has 7 nitrogen and oxygen atoms in total. The maximum absolute atomic E-state index is 13.0. The zero-order chi connectivity index (χ0) is 17.8. The number of nitrogens with one attached hydrogen (secondary N) is 1. The summed E-state index contributed by atoms with van der Waals surface area (Å²) in [6.07, 6.45) is 3.36. The van der Waals surface area contributed by atoms with Gasteiger partial charge in [-0.3, -0.25) is 0 Å². The molecule has 3 heterocycles. The first-order valence-electron chi connectivity index (χ1n) is 8.41. The van der Waals surface area contributed by atoms with Crippen LogP contribution in [0.2, 0.25) is 0 Å². The summed E-state index contributed by atoms with van der Waals surface area (Å²) in [5.41, 5.74) is 0.748. The molecule has 3 aromatic rings. The third kappa shape index (κ3) is 3.69. The van der Waals surface area contributed by atoms with E-state index in [1.807, 2.05) is 18.2 Å². The number of hydrogen-bond donors (Lipinski definition) is 1. The fraction of sp³-hybridized carbons (Fsp3) is 0.222. The van der Waals surface area contributed by atoms with Crippen LogP contribution < -0.4 is 15.1 Å². The van der Waals surface area contributed by atoms with Crippen LogP contribution in [0, 0.1) is 5.82 Å². The van der Waals surface area contributed by atoms with Crippen molar-refractivity contribution in [1.82, 2.24) is 20.2 Å². The molecule has 26 heavy (non-hydrogen) atoms. The number of pyridine rings is 1. The van der Waals surface area contributed by atoms with Crippen molar-refractivity contribution in [2.24, 2.45) is 0 Å². The monoisotopic (exact) mass is 351 g/mol. The Morgan fingerprint density at radius 2 is 1.69 bits per heavy atom. The van der Waals surface area contributed by atoms with Crippen molar-refractivity contribution in [1.29, 1.82) is 0 Å². The standard InChI is InChI=1S/C18H18FN7/c19-14-4-6-15(7-5-14)22-16-13-21-24-18(23-16)26-11-9-25(10-12-26)17-3-1-2-8-20-17/h1-8,13H,9-12H2,(H,22,23,24). The van der Waals surface area contributed by atoms with Crippen LogP contribution in [0.25, 0.3) is 0 Å². The largest absolute Gasteiger partial charge is 0.353 e. The Labute approximate surface area is 150 Å². The molecule has 1 aliphatic rings. The molecule has 0 unspecified atom stereocenters. The molecule has 0 aliphatic carbocycles. The number of nitrogens with zero attached hydrogens (tertiary/aromatic N) is 6. The summed E-state index contributed by atoms with van der Waals surface area (Å²) in [6, 6.07) is 12.0. The fourth-order valence-electron chi connectivity index (χ4n) is 2.85. The molecule has 0 spiro atoms. The summed E-state index contributed by atoms with van der Waals surface area (Å²) in [5.74, 6) is 1.87. The van der Waals surface area contributed by atoms with E-state index in [-0.39, 0.29) is 5.82 Å². The first-order chi connectivity index (χ1) is 12.8. The van der Waals surface area contributed by atoms with Gasteiger partial charge in [0.1, 0.15) is 11.6 Å². The summed E-state index contributed by atoms with van der Waals surface area (Å²) < 4.78 is 13.0. The van der Waals surface area contributed by atoms with Gasteiger partial charge in [0.25, 0.3) is 0 Å². The van der Waals surface area contributed by atoms with E-state index >= 15 is 0 Å². The number of piperazine rings is 1. The van der Waals surface area contributed by atoms with Crippen LogP contribution in [0.5, 0.6) is 0 Å². The van der Waals surface area contributed by atoms with Gasteiger partial charge in [0.2, 0.25) is 5.95 Å². The van der Waals surface area contributed by atoms with E-state index in [1.54, 1.807) is 24.5 Å². The highest BCUT2D eigenvalue weighted by Crippen LogP contribution is 2.18. The summed E-state index contributed by atoms with van der Waals surface area (Å²) in [5, 5.41) is 11.3. The second kappa shape index (κ2) is 7.30. The predicted molar refractivity (Wildman–Crippen MR) is 98.2 cm³/mol. The molecule has 0 radical (unpaired) electrons. The highest BCUT2D eigenvalue weighted by molar-refractivity contribution is 5.56. The van der Waals surface area contributed by atoms with Gasteiger partial charge in [-0.15, -0.1) is 5.10 Å². The van der Waals surface area contributed by atoms with Gasteiger partial charge in [-0.25, -0.2) is 9.37 Å². The van der Waals surface area contributed by atoms with E-state index in [0.717, 1.165) is 37.7 Å². The van der Waals surface area contributed by atoms with Crippen molar-refractivity contribution in [3.63, 3.8) is 0 Å². The SMILES string of the molecule is Fc1ccc(Nc2cnnc(N3CCN(c4ccccn4)CC3)n2)cc1. The first-order valence-corrected chi connectivity index (χ1v) is 8.41. The molecule has 1 N–H and O–H groups in total.